The molecule has 0 aliphatic heterocycles. The average molecular weight is 300 g/mol. The molecule has 4 heteroatoms. The fourth-order valence-corrected chi connectivity index (χ4v) is 3.35. The van der Waals surface area contributed by atoms with Crippen LogP contribution in [0.4, 0.5) is 0 Å². The van der Waals surface area contributed by atoms with E-state index in [0.29, 0.717) is 18.9 Å². The van der Waals surface area contributed by atoms with Crippen molar-refractivity contribution in [1.82, 2.24) is 4.98 Å². The van der Waals surface area contributed by atoms with Gasteiger partial charge in [-0.1, -0.05) is 32.0 Å². The van der Waals surface area contributed by atoms with Crippen LogP contribution in [0.3, 0.4) is 0 Å². The first-order valence-corrected chi connectivity index (χ1v) is 7.89. The summed E-state index contributed by atoms with van der Waals surface area (Å²) < 4.78 is 5.94. The lowest BCUT2D eigenvalue weighted by molar-refractivity contribution is 0.301. The lowest BCUT2D eigenvalue weighted by Crippen LogP contribution is -1.99. The summed E-state index contributed by atoms with van der Waals surface area (Å²) in [4.78, 5) is 5.71. The number of rotatable bonds is 5. The van der Waals surface area contributed by atoms with Crippen molar-refractivity contribution in [2.45, 2.75) is 46.6 Å². The Hall–Kier alpha value is -1.86. The van der Waals surface area contributed by atoms with Crippen LogP contribution in [0.25, 0.3) is 0 Å². The SMILES string of the molecule is Cc1cccc(C)c1OCc1nc(C(C)C)c(CC#N)s1. The van der Waals surface area contributed by atoms with Gasteiger partial charge in [0.15, 0.2) is 0 Å². The van der Waals surface area contributed by atoms with Crippen molar-refractivity contribution in [2.24, 2.45) is 0 Å². The first-order valence-electron chi connectivity index (χ1n) is 7.07. The number of para-hydroxylation sites is 1. The van der Waals surface area contributed by atoms with Crippen LogP contribution < -0.4 is 4.74 Å². The molecule has 2 aromatic rings. The zero-order valence-electron chi connectivity index (χ0n) is 12.9. The molecular formula is C17H20N2OS. The van der Waals surface area contributed by atoms with Crippen molar-refractivity contribution in [3.63, 3.8) is 0 Å². The maximum Gasteiger partial charge on any atom is 0.140 e. The average Bonchev–Trinajstić information content (AvgIpc) is 2.82. The van der Waals surface area contributed by atoms with Gasteiger partial charge in [0, 0.05) is 4.88 Å². The summed E-state index contributed by atoms with van der Waals surface area (Å²) in [6.07, 6.45) is 0.425. The fourth-order valence-electron chi connectivity index (χ4n) is 2.29. The van der Waals surface area contributed by atoms with Crippen LogP contribution in [-0.2, 0) is 13.0 Å². The molecule has 3 nitrogen and oxygen atoms in total. The molecule has 0 N–H and O–H groups in total. The number of aromatic nitrogens is 1. The third kappa shape index (κ3) is 3.62. The highest BCUT2D eigenvalue weighted by atomic mass is 32.1. The topological polar surface area (TPSA) is 45.9 Å². The molecule has 0 aliphatic carbocycles. The highest BCUT2D eigenvalue weighted by Crippen LogP contribution is 2.28. The number of ether oxygens (including phenoxy) is 1. The highest BCUT2D eigenvalue weighted by molar-refractivity contribution is 7.11. The highest BCUT2D eigenvalue weighted by Gasteiger charge is 2.14. The number of thiazole rings is 1. The van der Waals surface area contributed by atoms with Crippen molar-refractivity contribution >= 4 is 11.3 Å². The van der Waals surface area contributed by atoms with Crippen LogP contribution in [0.1, 0.15) is 46.5 Å². The van der Waals surface area contributed by atoms with E-state index in [1.54, 1.807) is 11.3 Å². The van der Waals surface area contributed by atoms with Crippen molar-refractivity contribution in [3.05, 3.63) is 44.9 Å². The molecule has 0 fully saturated rings. The molecule has 0 amide bonds. The predicted octanol–water partition coefficient (Wildman–Crippen LogP) is 4.53. The first-order chi connectivity index (χ1) is 10.0. The molecule has 0 bridgehead atoms. The van der Waals surface area contributed by atoms with Gasteiger partial charge in [0.1, 0.15) is 17.4 Å². The molecule has 0 radical (unpaired) electrons. The van der Waals surface area contributed by atoms with Gasteiger partial charge < -0.3 is 4.74 Å². The number of hydrogen-bond donors (Lipinski definition) is 0. The van der Waals surface area contributed by atoms with Crippen LogP contribution in [0.15, 0.2) is 18.2 Å². The van der Waals surface area contributed by atoms with E-state index in [9.17, 15) is 0 Å². The molecule has 1 aromatic heterocycles. The molecule has 2 rings (SSSR count). The lowest BCUT2D eigenvalue weighted by atomic mass is 10.1. The molecule has 0 saturated carbocycles. The normalized spacial score (nSPS) is 10.7. The van der Waals surface area contributed by atoms with E-state index < -0.39 is 0 Å². The molecular weight excluding hydrogens is 280 g/mol. The van der Waals surface area contributed by atoms with Crippen molar-refractivity contribution in [2.75, 3.05) is 0 Å². The second-order valence-corrected chi connectivity index (χ2v) is 6.58. The van der Waals surface area contributed by atoms with Crippen LogP contribution in [0.2, 0.25) is 0 Å². The van der Waals surface area contributed by atoms with Gasteiger partial charge in [0.25, 0.3) is 0 Å². The molecule has 0 atom stereocenters. The van der Waals surface area contributed by atoms with Gasteiger partial charge in [-0.25, -0.2) is 4.98 Å². The third-order valence-corrected chi connectivity index (χ3v) is 4.35. The van der Waals surface area contributed by atoms with E-state index in [1.165, 1.54) is 0 Å². The second kappa shape index (κ2) is 6.73. The summed E-state index contributed by atoms with van der Waals surface area (Å²) in [6, 6.07) is 8.34. The van der Waals surface area contributed by atoms with Crippen LogP contribution in [0, 0.1) is 25.2 Å². The van der Waals surface area contributed by atoms with Crippen LogP contribution in [0.5, 0.6) is 5.75 Å². The van der Waals surface area contributed by atoms with E-state index in [4.69, 9.17) is 10.00 Å². The van der Waals surface area contributed by atoms with Crippen molar-refractivity contribution in [3.8, 4) is 11.8 Å². The Morgan fingerprint density at radius 1 is 1.29 bits per heavy atom. The lowest BCUT2D eigenvalue weighted by Gasteiger charge is -2.10. The van der Waals surface area contributed by atoms with Gasteiger partial charge in [-0.2, -0.15) is 5.26 Å². The van der Waals surface area contributed by atoms with Crippen LogP contribution in [-0.4, -0.2) is 4.98 Å². The number of benzene rings is 1. The molecule has 0 unspecified atom stereocenters. The summed E-state index contributed by atoms with van der Waals surface area (Å²) >= 11 is 1.58. The smallest absolute Gasteiger partial charge is 0.140 e. The van der Waals surface area contributed by atoms with E-state index >= 15 is 0 Å². The van der Waals surface area contributed by atoms with Gasteiger partial charge in [0.2, 0.25) is 0 Å². The largest absolute Gasteiger partial charge is 0.486 e. The predicted molar refractivity (Wildman–Crippen MR) is 85.8 cm³/mol. The van der Waals surface area contributed by atoms with Gasteiger partial charge in [-0.05, 0) is 30.9 Å². The monoisotopic (exact) mass is 300 g/mol. The minimum Gasteiger partial charge on any atom is -0.486 e. The Morgan fingerprint density at radius 2 is 1.95 bits per heavy atom. The maximum absolute atomic E-state index is 8.91. The standard InChI is InChI=1S/C17H20N2OS/c1-11(2)16-14(8-9-18)21-15(19-16)10-20-17-12(3)6-5-7-13(17)4/h5-7,11H,8,10H2,1-4H3. The quantitative estimate of drug-likeness (QED) is 0.815. The summed E-state index contributed by atoms with van der Waals surface area (Å²) in [7, 11) is 0. The van der Waals surface area contributed by atoms with Crippen molar-refractivity contribution in [1.29, 1.82) is 5.26 Å². The number of nitriles is 1. The van der Waals surface area contributed by atoms with E-state index in [2.05, 4.69) is 24.9 Å². The van der Waals surface area contributed by atoms with Crippen LogP contribution >= 0.6 is 11.3 Å². The minimum atomic E-state index is 0.332. The zero-order chi connectivity index (χ0) is 15.4. The van der Waals surface area contributed by atoms with E-state index in [-0.39, 0.29) is 0 Å². The van der Waals surface area contributed by atoms with Gasteiger partial charge >= 0.3 is 0 Å². The molecule has 1 aromatic carbocycles. The molecule has 1 heterocycles. The number of aryl methyl sites for hydroxylation is 2. The number of hydrogen-bond acceptors (Lipinski definition) is 4. The Bertz CT molecular complexity index is 648. The maximum atomic E-state index is 8.91. The Labute approximate surface area is 130 Å². The Morgan fingerprint density at radius 3 is 2.52 bits per heavy atom. The summed E-state index contributed by atoms with van der Waals surface area (Å²) in [5.74, 6) is 1.26. The summed E-state index contributed by atoms with van der Waals surface area (Å²) in [5.41, 5.74) is 3.29. The molecule has 0 aliphatic rings. The summed E-state index contributed by atoms with van der Waals surface area (Å²) in [6.45, 7) is 8.76. The van der Waals surface area contributed by atoms with Crippen molar-refractivity contribution < 1.29 is 4.74 Å². The minimum absolute atomic E-state index is 0.332. The summed E-state index contributed by atoms with van der Waals surface area (Å²) in [5, 5.41) is 9.85. The first kappa shape index (κ1) is 15.5. The molecule has 0 saturated heterocycles. The van der Waals surface area contributed by atoms with Gasteiger partial charge in [-0.15, -0.1) is 11.3 Å². The second-order valence-electron chi connectivity index (χ2n) is 5.42. The Kier molecular flexibility index (Phi) is 4.98. The third-order valence-electron chi connectivity index (χ3n) is 3.31. The molecule has 0 spiro atoms. The van der Waals surface area contributed by atoms with E-state index in [1.807, 2.05) is 32.0 Å². The fraction of sp³-hybridized carbons (Fsp3) is 0.412. The number of nitrogens with zero attached hydrogens (tertiary/aromatic N) is 2. The van der Waals surface area contributed by atoms with Gasteiger partial charge in [-0.3, -0.25) is 0 Å². The Balaban J connectivity index is 2.17. The molecule has 110 valence electrons. The van der Waals surface area contributed by atoms with E-state index in [0.717, 1.165) is 32.5 Å². The van der Waals surface area contributed by atoms with Gasteiger partial charge in [0.05, 0.1) is 18.2 Å². The molecule has 21 heavy (non-hydrogen) atoms. The zero-order valence-corrected chi connectivity index (χ0v) is 13.8.